The molecule has 0 atom stereocenters. The van der Waals surface area contributed by atoms with E-state index >= 15 is 0 Å². The zero-order valence-corrected chi connectivity index (χ0v) is 20.2. The van der Waals surface area contributed by atoms with Crippen LogP contribution < -0.4 is 5.32 Å². The molecule has 0 spiro atoms. The molecule has 2 heterocycles. The number of pyridine rings is 1. The van der Waals surface area contributed by atoms with Crippen molar-refractivity contribution in [2.45, 2.75) is 25.2 Å². The van der Waals surface area contributed by atoms with Crippen molar-refractivity contribution in [2.75, 3.05) is 5.75 Å². The summed E-state index contributed by atoms with van der Waals surface area (Å²) >= 11 is 1.40. The Balaban J connectivity index is 1.41. The molecule has 174 valence electrons. The van der Waals surface area contributed by atoms with Gasteiger partial charge >= 0.3 is 0 Å². The van der Waals surface area contributed by atoms with Gasteiger partial charge in [0.25, 0.3) is 0 Å². The van der Waals surface area contributed by atoms with Gasteiger partial charge in [0, 0.05) is 29.6 Å². The predicted molar refractivity (Wildman–Crippen MR) is 141 cm³/mol. The van der Waals surface area contributed by atoms with Crippen LogP contribution in [0.15, 0.2) is 96.2 Å². The van der Waals surface area contributed by atoms with Gasteiger partial charge in [-0.05, 0) is 24.6 Å². The number of amides is 1. The Labute approximate surface area is 208 Å². The molecule has 35 heavy (non-hydrogen) atoms. The standard InChI is InChI=1S/C28H25N5OS/c1-2-33-27(31-32-28(33)35-19-26(34)29-18-20-11-5-3-6-12-20)23-17-25(21-13-7-4-8-14-21)30-24-16-10-9-15-22(23)24/h3-17H,2,18-19H2,1H3,(H,29,34). The number of para-hydroxylation sites is 1. The van der Waals surface area contributed by atoms with Gasteiger partial charge in [-0.1, -0.05) is 90.6 Å². The molecule has 0 radical (unpaired) electrons. The first-order valence-electron chi connectivity index (χ1n) is 11.5. The van der Waals surface area contributed by atoms with Crippen LogP contribution in [0, 0.1) is 0 Å². The summed E-state index contributed by atoms with van der Waals surface area (Å²) < 4.78 is 2.06. The molecule has 7 heteroatoms. The van der Waals surface area contributed by atoms with Gasteiger partial charge in [-0.15, -0.1) is 10.2 Å². The fourth-order valence-electron chi connectivity index (χ4n) is 3.97. The third-order valence-electron chi connectivity index (χ3n) is 5.72. The highest BCUT2D eigenvalue weighted by molar-refractivity contribution is 7.99. The summed E-state index contributed by atoms with van der Waals surface area (Å²) in [5.74, 6) is 1.01. The lowest BCUT2D eigenvalue weighted by Crippen LogP contribution is -2.24. The number of rotatable bonds is 8. The second kappa shape index (κ2) is 10.5. The van der Waals surface area contributed by atoms with E-state index < -0.39 is 0 Å². The summed E-state index contributed by atoms with van der Waals surface area (Å²) in [4.78, 5) is 17.3. The molecule has 0 aliphatic heterocycles. The number of benzene rings is 3. The molecule has 5 aromatic rings. The summed E-state index contributed by atoms with van der Waals surface area (Å²) in [7, 11) is 0. The number of hydrogen-bond donors (Lipinski definition) is 1. The molecule has 0 aliphatic rings. The highest BCUT2D eigenvalue weighted by Crippen LogP contribution is 2.32. The Morgan fingerprint density at radius 1 is 0.914 bits per heavy atom. The molecule has 3 aromatic carbocycles. The topological polar surface area (TPSA) is 72.7 Å². The maximum absolute atomic E-state index is 12.4. The molecule has 2 aromatic heterocycles. The molecule has 5 rings (SSSR count). The Morgan fingerprint density at radius 2 is 1.63 bits per heavy atom. The van der Waals surface area contributed by atoms with Gasteiger partial charge in [-0.25, -0.2) is 4.98 Å². The van der Waals surface area contributed by atoms with E-state index in [2.05, 4.69) is 51.3 Å². The Bertz CT molecular complexity index is 1450. The van der Waals surface area contributed by atoms with Crippen molar-refractivity contribution >= 4 is 28.6 Å². The maximum Gasteiger partial charge on any atom is 0.230 e. The van der Waals surface area contributed by atoms with Crippen LogP contribution >= 0.6 is 11.8 Å². The minimum atomic E-state index is -0.0354. The van der Waals surface area contributed by atoms with Crippen LogP contribution in [0.1, 0.15) is 12.5 Å². The molecule has 0 saturated carbocycles. The number of nitrogens with zero attached hydrogens (tertiary/aromatic N) is 4. The lowest BCUT2D eigenvalue weighted by molar-refractivity contribution is -0.118. The van der Waals surface area contributed by atoms with Crippen LogP contribution in [-0.4, -0.2) is 31.4 Å². The van der Waals surface area contributed by atoms with Gasteiger partial charge in [0.15, 0.2) is 11.0 Å². The third-order valence-corrected chi connectivity index (χ3v) is 6.69. The van der Waals surface area contributed by atoms with Crippen molar-refractivity contribution in [3.63, 3.8) is 0 Å². The zero-order valence-electron chi connectivity index (χ0n) is 19.4. The van der Waals surface area contributed by atoms with Gasteiger partial charge in [-0.3, -0.25) is 4.79 Å². The number of carbonyl (C=O) groups excluding carboxylic acids is 1. The molecule has 6 nitrogen and oxygen atoms in total. The van der Waals surface area contributed by atoms with Crippen molar-refractivity contribution in [3.8, 4) is 22.6 Å². The first-order valence-corrected chi connectivity index (χ1v) is 12.5. The second-order valence-electron chi connectivity index (χ2n) is 8.04. The van der Waals surface area contributed by atoms with Crippen molar-refractivity contribution < 1.29 is 4.79 Å². The van der Waals surface area contributed by atoms with E-state index in [4.69, 9.17) is 4.98 Å². The fraction of sp³-hybridized carbons (Fsp3) is 0.143. The van der Waals surface area contributed by atoms with Crippen LogP contribution in [0.25, 0.3) is 33.5 Å². The van der Waals surface area contributed by atoms with Gasteiger partial charge < -0.3 is 9.88 Å². The van der Waals surface area contributed by atoms with E-state index in [-0.39, 0.29) is 11.7 Å². The molecular weight excluding hydrogens is 454 g/mol. The van der Waals surface area contributed by atoms with E-state index in [9.17, 15) is 4.79 Å². The first kappa shape index (κ1) is 22.8. The summed E-state index contributed by atoms with van der Waals surface area (Å²) in [6.07, 6.45) is 0. The lowest BCUT2D eigenvalue weighted by atomic mass is 10.0. The van der Waals surface area contributed by atoms with E-state index in [1.807, 2.05) is 66.7 Å². The SMILES string of the molecule is CCn1c(SCC(=O)NCc2ccccc2)nnc1-c1cc(-c2ccccc2)nc2ccccc12. The third kappa shape index (κ3) is 5.10. The Morgan fingerprint density at radius 3 is 2.40 bits per heavy atom. The van der Waals surface area contributed by atoms with Crippen molar-refractivity contribution in [2.24, 2.45) is 0 Å². The first-order chi connectivity index (χ1) is 17.2. The van der Waals surface area contributed by atoms with Gasteiger partial charge in [-0.2, -0.15) is 0 Å². The molecule has 0 fully saturated rings. The van der Waals surface area contributed by atoms with Gasteiger partial charge in [0.05, 0.1) is 17.0 Å². The number of carbonyl (C=O) groups is 1. The quantitative estimate of drug-likeness (QED) is 0.294. The van der Waals surface area contributed by atoms with E-state index in [0.717, 1.165) is 44.3 Å². The molecule has 0 saturated heterocycles. The number of thioether (sulfide) groups is 1. The molecule has 1 amide bonds. The Hall–Kier alpha value is -3.97. The van der Waals surface area contributed by atoms with Crippen LogP contribution in [-0.2, 0) is 17.9 Å². The monoisotopic (exact) mass is 479 g/mol. The van der Waals surface area contributed by atoms with Crippen LogP contribution in [0.3, 0.4) is 0 Å². The van der Waals surface area contributed by atoms with Crippen molar-refractivity contribution in [3.05, 3.63) is 96.6 Å². The largest absolute Gasteiger partial charge is 0.351 e. The number of fused-ring (bicyclic) bond motifs is 1. The number of nitrogens with one attached hydrogen (secondary N) is 1. The zero-order chi connectivity index (χ0) is 24.0. The van der Waals surface area contributed by atoms with Crippen LogP contribution in [0.5, 0.6) is 0 Å². The minimum absolute atomic E-state index is 0.0354. The second-order valence-corrected chi connectivity index (χ2v) is 8.98. The van der Waals surface area contributed by atoms with E-state index in [0.29, 0.717) is 13.1 Å². The number of aromatic nitrogens is 4. The molecule has 1 N–H and O–H groups in total. The van der Waals surface area contributed by atoms with E-state index in [1.165, 1.54) is 11.8 Å². The summed E-state index contributed by atoms with van der Waals surface area (Å²) in [6.45, 7) is 3.26. The van der Waals surface area contributed by atoms with Crippen LogP contribution in [0.2, 0.25) is 0 Å². The highest BCUT2D eigenvalue weighted by atomic mass is 32.2. The highest BCUT2D eigenvalue weighted by Gasteiger charge is 2.18. The normalized spacial score (nSPS) is 11.0. The van der Waals surface area contributed by atoms with Crippen LogP contribution in [0.4, 0.5) is 0 Å². The van der Waals surface area contributed by atoms with Crippen molar-refractivity contribution in [1.29, 1.82) is 0 Å². The average molecular weight is 480 g/mol. The van der Waals surface area contributed by atoms with Crippen molar-refractivity contribution in [1.82, 2.24) is 25.1 Å². The Kier molecular flexibility index (Phi) is 6.86. The molecule has 0 aliphatic carbocycles. The lowest BCUT2D eigenvalue weighted by Gasteiger charge is -2.12. The van der Waals surface area contributed by atoms with Gasteiger partial charge in [0.2, 0.25) is 5.91 Å². The average Bonchev–Trinajstić information content (AvgIpc) is 3.34. The van der Waals surface area contributed by atoms with E-state index in [1.54, 1.807) is 0 Å². The summed E-state index contributed by atoms with van der Waals surface area (Å²) in [5.41, 5.74) is 4.89. The van der Waals surface area contributed by atoms with Gasteiger partial charge in [0.1, 0.15) is 0 Å². The summed E-state index contributed by atoms with van der Waals surface area (Å²) in [6, 6.07) is 30.2. The molecule has 0 bridgehead atoms. The fourth-order valence-corrected chi connectivity index (χ4v) is 4.81. The smallest absolute Gasteiger partial charge is 0.230 e. The predicted octanol–water partition coefficient (Wildman–Crippen LogP) is 5.59. The summed E-state index contributed by atoms with van der Waals surface area (Å²) in [5, 5.41) is 13.7. The molecule has 0 unspecified atom stereocenters. The maximum atomic E-state index is 12.4. The number of hydrogen-bond acceptors (Lipinski definition) is 5. The minimum Gasteiger partial charge on any atom is -0.351 e. The molecular formula is C28H25N5OS.